The molecule has 0 saturated carbocycles. The van der Waals surface area contributed by atoms with Crippen LogP contribution in [0.3, 0.4) is 0 Å². The van der Waals surface area contributed by atoms with E-state index < -0.39 is 11.1 Å². The summed E-state index contributed by atoms with van der Waals surface area (Å²) in [6, 6.07) is 11.1. The first-order chi connectivity index (χ1) is 18.0. The quantitative estimate of drug-likeness (QED) is 0.446. The maximum absolute atomic E-state index is 13.6. The average Bonchev–Trinajstić information content (AvgIpc) is 3.21. The van der Waals surface area contributed by atoms with Crippen molar-refractivity contribution < 1.29 is 28.6 Å². The van der Waals surface area contributed by atoms with Crippen LogP contribution in [0.25, 0.3) is 11.3 Å². The lowest BCUT2D eigenvalue weighted by Crippen LogP contribution is -2.35. The Hall–Kier alpha value is -3.62. The number of hydrogen-bond donors (Lipinski definition) is 2. The topological polar surface area (TPSA) is 112 Å². The molecule has 1 aliphatic heterocycles. The minimum atomic E-state index is -1.46. The lowest BCUT2D eigenvalue weighted by atomic mass is 9.86. The standard InChI is InChI=1S/C30H31FN2O5/c1-29(32)16-38-28-23(29)15-26(33-27(28)17-4-7-20(31)8-5-17)30(2,36)11-10-24(35)19-12-18-6-9-21(34)14-22(18)25(13-19)37-3/h4-5,7-8,12-13,15,36H,6,9-11,14,16,32H2,1-3H3. The van der Waals surface area contributed by atoms with Crippen molar-refractivity contribution in [3.05, 3.63) is 76.2 Å². The third-order valence-electron chi connectivity index (χ3n) is 7.50. The number of nitrogens with two attached hydrogens (primary N) is 1. The van der Waals surface area contributed by atoms with Gasteiger partial charge in [-0.05, 0) is 74.7 Å². The highest BCUT2D eigenvalue weighted by Gasteiger charge is 2.38. The van der Waals surface area contributed by atoms with Crippen molar-refractivity contribution in [1.29, 1.82) is 0 Å². The second-order valence-corrected chi connectivity index (χ2v) is 10.7. The molecule has 5 rings (SSSR count). The molecule has 38 heavy (non-hydrogen) atoms. The Morgan fingerprint density at radius 3 is 2.68 bits per heavy atom. The van der Waals surface area contributed by atoms with Crippen molar-refractivity contribution in [3.63, 3.8) is 0 Å². The third kappa shape index (κ3) is 4.81. The highest BCUT2D eigenvalue weighted by Crippen LogP contribution is 2.44. The molecular formula is C30H31FN2O5. The van der Waals surface area contributed by atoms with Gasteiger partial charge in [0, 0.05) is 41.5 Å². The van der Waals surface area contributed by atoms with Crippen LogP contribution in [0, 0.1) is 5.82 Å². The maximum Gasteiger partial charge on any atom is 0.163 e. The summed E-state index contributed by atoms with van der Waals surface area (Å²) in [6.07, 6.45) is 1.52. The number of aliphatic hydroxyl groups is 1. The molecule has 2 atom stereocenters. The summed E-state index contributed by atoms with van der Waals surface area (Å²) in [7, 11) is 1.53. The maximum atomic E-state index is 13.6. The second kappa shape index (κ2) is 9.60. The highest BCUT2D eigenvalue weighted by atomic mass is 19.1. The van der Waals surface area contributed by atoms with Crippen LogP contribution in [0.4, 0.5) is 4.39 Å². The number of carbonyl (C=O) groups is 2. The van der Waals surface area contributed by atoms with Crippen molar-refractivity contribution in [2.45, 2.75) is 57.1 Å². The van der Waals surface area contributed by atoms with Gasteiger partial charge in [-0.3, -0.25) is 9.59 Å². The fourth-order valence-electron chi connectivity index (χ4n) is 5.14. The number of benzene rings is 2. The number of aryl methyl sites for hydroxylation is 1. The molecule has 0 bridgehead atoms. The fraction of sp³-hybridized carbons (Fsp3) is 0.367. The Balaban J connectivity index is 1.43. The van der Waals surface area contributed by atoms with Crippen molar-refractivity contribution in [1.82, 2.24) is 4.98 Å². The first-order valence-corrected chi connectivity index (χ1v) is 12.7. The van der Waals surface area contributed by atoms with E-state index in [0.29, 0.717) is 58.8 Å². The molecule has 2 aromatic carbocycles. The molecule has 3 aromatic rings. The van der Waals surface area contributed by atoms with Crippen molar-refractivity contribution in [3.8, 4) is 22.8 Å². The summed E-state index contributed by atoms with van der Waals surface area (Å²) in [5.74, 6) is 0.693. The van der Waals surface area contributed by atoms with E-state index in [1.165, 1.54) is 19.2 Å². The van der Waals surface area contributed by atoms with E-state index in [0.717, 1.165) is 11.1 Å². The van der Waals surface area contributed by atoms with Gasteiger partial charge in [0.2, 0.25) is 0 Å². The number of carbonyl (C=O) groups excluding carboxylic acids is 2. The molecule has 0 fully saturated rings. The molecule has 0 amide bonds. The molecule has 8 heteroatoms. The average molecular weight is 519 g/mol. The zero-order valence-corrected chi connectivity index (χ0v) is 21.8. The van der Waals surface area contributed by atoms with Crippen LogP contribution < -0.4 is 15.2 Å². The van der Waals surface area contributed by atoms with Gasteiger partial charge in [-0.2, -0.15) is 0 Å². The first-order valence-electron chi connectivity index (χ1n) is 12.7. The van der Waals surface area contributed by atoms with Crippen LogP contribution in [0.15, 0.2) is 42.5 Å². The number of Topliss-reactive ketones (excluding diaryl/α,β-unsaturated/α-hetero) is 2. The summed E-state index contributed by atoms with van der Waals surface area (Å²) < 4.78 is 24.9. The van der Waals surface area contributed by atoms with Crippen molar-refractivity contribution >= 4 is 11.6 Å². The predicted molar refractivity (Wildman–Crippen MR) is 140 cm³/mol. The molecule has 1 aromatic heterocycles. The van der Waals surface area contributed by atoms with Gasteiger partial charge in [0.15, 0.2) is 11.5 Å². The lowest BCUT2D eigenvalue weighted by Gasteiger charge is -2.26. The lowest BCUT2D eigenvalue weighted by molar-refractivity contribution is -0.118. The van der Waals surface area contributed by atoms with E-state index in [9.17, 15) is 19.1 Å². The Kier molecular flexibility index (Phi) is 6.57. The summed E-state index contributed by atoms with van der Waals surface area (Å²) >= 11 is 0. The zero-order chi connectivity index (χ0) is 27.2. The summed E-state index contributed by atoms with van der Waals surface area (Å²) in [5, 5.41) is 11.5. The van der Waals surface area contributed by atoms with E-state index in [1.54, 1.807) is 31.2 Å². The van der Waals surface area contributed by atoms with Crippen LogP contribution in [0.2, 0.25) is 0 Å². The van der Waals surface area contributed by atoms with Crippen LogP contribution in [0.5, 0.6) is 11.5 Å². The Bertz CT molecular complexity index is 1410. The van der Waals surface area contributed by atoms with Gasteiger partial charge in [0.05, 0.1) is 18.3 Å². The van der Waals surface area contributed by atoms with E-state index in [1.807, 2.05) is 13.0 Å². The second-order valence-electron chi connectivity index (χ2n) is 10.7. The molecule has 0 radical (unpaired) electrons. The predicted octanol–water partition coefficient (Wildman–Crippen LogP) is 4.39. The monoisotopic (exact) mass is 518 g/mol. The van der Waals surface area contributed by atoms with Gasteiger partial charge in [0.1, 0.15) is 35.3 Å². The summed E-state index contributed by atoms with van der Waals surface area (Å²) in [6.45, 7) is 3.70. The molecular weight excluding hydrogens is 487 g/mol. The van der Waals surface area contributed by atoms with Gasteiger partial charge >= 0.3 is 0 Å². The first kappa shape index (κ1) is 26.0. The Morgan fingerprint density at radius 2 is 1.97 bits per heavy atom. The number of ether oxygens (including phenoxy) is 2. The zero-order valence-electron chi connectivity index (χ0n) is 21.8. The number of methoxy groups -OCH3 is 1. The van der Waals surface area contributed by atoms with Crippen LogP contribution in [-0.2, 0) is 28.8 Å². The fourth-order valence-corrected chi connectivity index (χ4v) is 5.14. The van der Waals surface area contributed by atoms with Gasteiger partial charge in [0.25, 0.3) is 0 Å². The third-order valence-corrected chi connectivity index (χ3v) is 7.50. The van der Waals surface area contributed by atoms with Gasteiger partial charge in [-0.1, -0.05) is 0 Å². The number of nitrogens with zero attached hydrogens (tertiary/aromatic N) is 1. The number of aromatic nitrogens is 1. The number of pyridine rings is 1. The molecule has 7 nitrogen and oxygen atoms in total. The highest BCUT2D eigenvalue weighted by molar-refractivity contribution is 5.97. The van der Waals surface area contributed by atoms with Gasteiger partial charge in [-0.15, -0.1) is 0 Å². The molecule has 2 aliphatic rings. The van der Waals surface area contributed by atoms with Crippen LogP contribution >= 0.6 is 0 Å². The molecule has 3 N–H and O–H groups in total. The van der Waals surface area contributed by atoms with Crippen molar-refractivity contribution in [2.24, 2.45) is 5.73 Å². The number of halogens is 1. The van der Waals surface area contributed by atoms with Gasteiger partial charge in [-0.25, -0.2) is 9.37 Å². The minimum absolute atomic E-state index is 0.0644. The van der Waals surface area contributed by atoms with E-state index in [4.69, 9.17) is 20.2 Å². The SMILES string of the molecule is COc1cc(C(=O)CCC(C)(O)c2cc3c(c(-c4ccc(F)cc4)n2)OCC3(C)N)cc2c1CC(=O)CC2. The molecule has 0 saturated heterocycles. The molecule has 0 spiro atoms. The normalized spacial score (nSPS) is 19.8. The number of rotatable bonds is 7. The minimum Gasteiger partial charge on any atom is -0.496 e. The molecule has 2 unspecified atom stereocenters. The number of hydrogen-bond acceptors (Lipinski definition) is 7. The number of fused-ring (bicyclic) bond motifs is 2. The molecule has 2 heterocycles. The molecule has 1 aliphatic carbocycles. The Labute approximate surface area is 220 Å². The Morgan fingerprint density at radius 1 is 1.24 bits per heavy atom. The van der Waals surface area contributed by atoms with E-state index >= 15 is 0 Å². The molecule has 198 valence electrons. The van der Waals surface area contributed by atoms with Crippen LogP contribution in [-0.4, -0.2) is 35.4 Å². The summed E-state index contributed by atoms with van der Waals surface area (Å²) in [4.78, 5) is 29.8. The van der Waals surface area contributed by atoms with Crippen molar-refractivity contribution in [2.75, 3.05) is 13.7 Å². The van der Waals surface area contributed by atoms with E-state index in [-0.39, 0.29) is 36.8 Å². The summed E-state index contributed by atoms with van der Waals surface area (Å²) in [5.41, 5.74) is 8.66. The largest absolute Gasteiger partial charge is 0.496 e. The number of ketones is 2. The van der Waals surface area contributed by atoms with Crippen LogP contribution in [0.1, 0.15) is 65.9 Å². The smallest absolute Gasteiger partial charge is 0.163 e. The van der Waals surface area contributed by atoms with Gasteiger partial charge < -0.3 is 20.3 Å². The van der Waals surface area contributed by atoms with E-state index in [2.05, 4.69) is 0 Å².